The standard InChI is InChI=1S/C34H48N2.2C5H11.Ni/c1-5-9-12-13-14-15-24-32-31(8-4)33(29-22-16-20-27(25-29)18-10-6-2)36(35)34(32)30-23-17-21-28(26-30)19-11-7-3;2*1-3-5-4-2;/h16-17,20-23,25-26H,5-15,18-19,24H2,1-4H3;2*1,3-5H2,2H3;/q;2*-1;+2. The van der Waals surface area contributed by atoms with Crippen LogP contribution in [0.15, 0.2) is 59.7 Å². The van der Waals surface area contributed by atoms with Crippen LogP contribution in [0.25, 0.3) is 16.9 Å². The molecule has 0 saturated carbocycles. The van der Waals surface area contributed by atoms with Crippen molar-refractivity contribution in [2.24, 2.45) is 0 Å². The molecule has 0 N–H and O–H groups in total. The summed E-state index contributed by atoms with van der Waals surface area (Å²) in [6.07, 6.45) is 23.9. The second-order valence-corrected chi connectivity index (χ2v) is 12.9. The number of unbranched alkanes of at least 4 members (excludes halogenated alkanes) is 11. The fourth-order valence-corrected chi connectivity index (χ4v) is 5.99. The van der Waals surface area contributed by atoms with E-state index in [2.05, 4.69) is 104 Å². The van der Waals surface area contributed by atoms with Gasteiger partial charge in [-0.05, 0) is 80.3 Å². The molecule has 2 nitrogen and oxygen atoms in total. The van der Waals surface area contributed by atoms with E-state index in [1.165, 1.54) is 117 Å². The number of aryl methyl sites for hydroxylation is 2. The molecule has 0 radical (unpaired) electrons. The van der Waals surface area contributed by atoms with E-state index in [9.17, 15) is 5.53 Å². The van der Waals surface area contributed by atoms with Gasteiger partial charge in [-0.25, -0.2) is 4.70 Å². The van der Waals surface area contributed by atoms with Gasteiger partial charge in [-0.2, -0.15) is 12.8 Å². The summed E-state index contributed by atoms with van der Waals surface area (Å²) in [6, 6.07) is 17.7. The van der Waals surface area contributed by atoms with Gasteiger partial charge in [0.15, 0.2) is 0 Å². The third-order valence-corrected chi connectivity index (χ3v) is 8.74. The Hall–Kier alpha value is -1.99. The molecule has 0 bridgehead atoms. The number of hydrogen-bond donors (Lipinski definition) is 0. The van der Waals surface area contributed by atoms with Crippen molar-refractivity contribution >= 4 is 11.4 Å². The van der Waals surface area contributed by atoms with Gasteiger partial charge >= 0.3 is 16.5 Å². The predicted molar refractivity (Wildman–Crippen MR) is 206 cm³/mol. The summed E-state index contributed by atoms with van der Waals surface area (Å²) in [5, 5.41) is 0. The van der Waals surface area contributed by atoms with Gasteiger partial charge in [-0.1, -0.05) is 136 Å². The van der Waals surface area contributed by atoms with Crippen molar-refractivity contribution in [3.63, 3.8) is 0 Å². The van der Waals surface area contributed by atoms with E-state index in [4.69, 9.17) is 0 Å². The normalized spacial score (nSPS) is 12.4. The van der Waals surface area contributed by atoms with E-state index in [1.807, 2.05) is 0 Å². The smallest absolute Gasteiger partial charge is 0.493 e. The first-order chi connectivity index (χ1) is 22.5. The van der Waals surface area contributed by atoms with Crippen LogP contribution in [-0.2, 0) is 29.3 Å². The molecule has 0 aromatic heterocycles. The molecule has 0 spiro atoms. The maximum Gasteiger partial charge on any atom is 2.00 e. The first kappa shape index (κ1) is 45.0. The number of benzene rings is 2. The van der Waals surface area contributed by atoms with Crippen molar-refractivity contribution in [2.75, 3.05) is 0 Å². The van der Waals surface area contributed by atoms with E-state index < -0.39 is 0 Å². The Morgan fingerprint density at radius 2 is 0.936 bits per heavy atom. The molecule has 1 aliphatic rings. The van der Waals surface area contributed by atoms with Gasteiger partial charge in [0.2, 0.25) is 11.4 Å². The number of allylic oxidation sites excluding steroid dienone is 2. The summed E-state index contributed by atoms with van der Waals surface area (Å²) in [4.78, 5) is 0. The molecule has 0 aliphatic carbocycles. The van der Waals surface area contributed by atoms with Crippen molar-refractivity contribution in [1.82, 2.24) is 0 Å². The Balaban J connectivity index is 0.00000168. The summed E-state index contributed by atoms with van der Waals surface area (Å²) in [5.41, 5.74) is 21.4. The fraction of sp³-hybridized carbons (Fsp3) is 0.591. The summed E-state index contributed by atoms with van der Waals surface area (Å²) in [5.74, 6) is 0. The average Bonchev–Trinajstić information content (AvgIpc) is 3.36. The van der Waals surface area contributed by atoms with Crippen LogP contribution in [-0.4, -0.2) is 4.70 Å². The van der Waals surface area contributed by atoms with Gasteiger partial charge < -0.3 is 19.4 Å². The molecule has 2 aromatic rings. The van der Waals surface area contributed by atoms with Crippen LogP contribution in [0.4, 0.5) is 0 Å². The summed E-state index contributed by atoms with van der Waals surface area (Å²) < 4.78 is 1.53. The zero-order valence-corrected chi connectivity index (χ0v) is 32.4. The van der Waals surface area contributed by atoms with Crippen LogP contribution in [0.1, 0.15) is 179 Å². The Labute approximate surface area is 302 Å². The van der Waals surface area contributed by atoms with Crippen LogP contribution < -0.4 is 0 Å². The van der Waals surface area contributed by atoms with Gasteiger partial charge in [-0.15, -0.1) is 0 Å². The fourth-order valence-electron chi connectivity index (χ4n) is 5.99. The maximum absolute atomic E-state index is 11.8. The molecular formula is C44H70N2Ni. The minimum absolute atomic E-state index is 0. The van der Waals surface area contributed by atoms with E-state index >= 15 is 0 Å². The Kier molecular flexibility index (Phi) is 27.8. The third kappa shape index (κ3) is 16.8. The average molecular weight is 686 g/mol. The molecule has 0 atom stereocenters. The number of hydrogen-bond acceptors (Lipinski definition) is 0. The van der Waals surface area contributed by atoms with Crippen LogP contribution >= 0.6 is 0 Å². The summed E-state index contributed by atoms with van der Waals surface area (Å²) >= 11 is 0. The molecule has 3 heteroatoms. The van der Waals surface area contributed by atoms with Gasteiger partial charge in [0.25, 0.3) is 0 Å². The Bertz CT molecular complexity index is 1150. The molecule has 0 fully saturated rings. The van der Waals surface area contributed by atoms with Gasteiger partial charge in [0.1, 0.15) is 0 Å². The van der Waals surface area contributed by atoms with E-state index in [0.717, 1.165) is 61.0 Å². The summed E-state index contributed by atoms with van der Waals surface area (Å²) in [6.45, 7) is 20.7. The van der Waals surface area contributed by atoms with E-state index in [0.29, 0.717) is 0 Å². The van der Waals surface area contributed by atoms with Crippen molar-refractivity contribution in [3.8, 4) is 0 Å². The minimum Gasteiger partial charge on any atom is -0.493 e. The topological polar surface area (TPSA) is 25.3 Å². The quantitative estimate of drug-likeness (QED) is 0.0574. The molecule has 0 amide bonds. The molecule has 1 aliphatic heterocycles. The van der Waals surface area contributed by atoms with Gasteiger partial charge in [0, 0.05) is 22.3 Å². The molecule has 266 valence electrons. The van der Waals surface area contributed by atoms with Crippen LogP contribution in [0.3, 0.4) is 0 Å². The molecular weight excluding hydrogens is 615 g/mol. The molecule has 0 unspecified atom stereocenters. The van der Waals surface area contributed by atoms with Crippen molar-refractivity contribution in [1.29, 1.82) is 0 Å². The van der Waals surface area contributed by atoms with Gasteiger partial charge in [-0.3, -0.25) is 0 Å². The maximum atomic E-state index is 11.8. The van der Waals surface area contributed by atoms with Gasteiger partial charge in [0.05, 0.1) is 0 Å². The molecule has 0 saturated heterocycles. The van der Waals surface area contributed by atoms with Crippen LogP contribution in [0.5, 0.6) is 0 Å². The first-order valence-electron chi connectivity index (χ1n) is 19.2. The minimum atomic E-state index is 0. The van der Waals surface area contributed by atoms with E-state index in [1.54, 1.807) is 0 Å². The zero-order valence-electron chi connectivity index (χ0n) is 31.4. The third-order valence-electron chi connectivity index (χ3n) is 8.74. The SMILES string of the molecule is CCCCCCCCC1=C(c2cccc(CCCC)c2)[N+](=[N-])C(c2cccc(CCCC)c2)=C1CC.[CH2-]CCCC.[CH2-]CCCC.[Ni+2]. The van der Waals surface area contributed by atoms with Crippen LogP contribution in [0.2, 0.25) is 0 Å². The van der Waals surface area contributed by atoms with E-state index in [-0.39, 0.29) is 16.5 Å². The van der Waals surface area contributed by atoms with Crippen molar-refractivity contribution in [2.45, 2.75) is 170 Å². The monoisotopic (exact) mass is 684 g/mol. The zero-order chi connectivity index (χ0) is 34.0. The van der Waals surface area contributed by atoms with Crippen molar-refractivity contribution < 1.29 is 21.2 Å². The molecule has 47 heavy (non-hydrogen) atoms. The second-order valence-electron chi connectivity index (χ2n) is 12.9. The molecule has 3 rings (SSSR count). The summed E-state index contributed by atoms with van der Waals surface area (Å²) in [7, 11) is 0. The molecule has 1 heterocycles. The molecule has 2 aromatic carbocycles. The van der Waals surface area contributed by atoms with Crippen LogP contribution in [0, 0.1) is 13.8 Å². The Morgan fingerprint density at radius 1 is 0.511 bits per heavy atom. The number of rotatable bonds is 20. The second kappa shape index (κ2) is 29.0. The number of nitrogens with zero attached hydrogens (tertiary/aromatic N) is 2. The largest absolute Gasteiger partial charge is 2.00 e. The Morgan fingerprint density at radius 3 is 1.34 bits per heavy atom. The predicted octanol–water partition coefficient (Wildman–Crippen LogP) is 14.7. The van der Waals surface area contributed by atoms with Crippen molar-refractivity contribution in [3.05, 3.63) is 101 Å². The first-order valence-corrected chi connectivity index (χ1v) is 19.2.